The number of halogens is 1. The minimum atomic E-state index is 0.529. The van der Waals surface area contributed by atoms with Crippen molar-refractivity contribution in [1.29, 1.82) is 0 Å². The molecule has 3 nitrogen and oxygen atoms in total. The molecule has 0 aliphatic heterocycles. The van der Waals surface area contributed by atoms with Gasteiger partial charge in [0, 0.05) is 36.2 Å². The van der Waals surface area contributed by atoms with Crippen molar-refractivity contribution in [2.24, 2.45) is 0 Å². The van der Waals surface area contributed by atoms with E-state index in [0.717, 1.165) is 22.5 Å². The summed E-state index contributed by atoms with van der Waals surface area (Å²) < 4.78 is 1.96. The fourth-order valence-corrected chi connectivity index (χ4v) is 1.99. The van der Waals surface area contributed by atoms with Gasteiger partial charge in [-0.05, 0) is 5.56 Å². The van der Waals surface area contributed by atoms with Crippen molar-refractivity contribution in [3.05, 3.63) is 54.6 Å². The lowest BCUT2D eigenvalue weighted by atomic mass is 10.1. The molecule has 0 aliphatic rings. The summed E-state index contributed by atoms with van der Waals surface area (Å²) in [4.78, 5) is 8.70. The van der Waals surface area contributed by atoms with Gasteiger partial charge in [-0.3, -0.25) is 4.98 Å². The predicted octanol–water partition coefficient (Wildman–Crippen LogP) is 3.14. The molecule has 0 saturated heterocycles. The van der Waals surface area contributed by atoms with Gasteiger partial charge >= 0.3 is 0 Å². The number of nitrogens with zero attached hydrogens (tertiary/aromatic N) is 3. The van der Waals surface area contributed by atoms with Crippen LogP contribution >= 0.6 is 11.6 Å². The van der Waals surface area contributed by atoms with E-state index in [-0.39, 0.29) is 0 Å². The van der Waals surface area contributed by atoms with E-state index in [2.05, 4.69) is 9.97 Å². The van der Waals surface area contributed by atoms with Crippen molar-refractivity contribution in [2.45, 2.75) is 5.88 Å². The lowest BCUT2D eigenvalue weighted by molar-refractivity contribution is 1.13. The van der Waals surface area contributed by atoms with Gasteiger partial charge < -0.3 is 4.40 Å². The molecule has 0 radical (unpaired) electrons. The Balaban J connectivity index is 2.16. The molecular formula is C13H10ClN3. The van der Waals surface area contributed by atoms with Crippen molar-refractivity contribution >= 4 is 17.2 Å². The van der Waals surface area contributed by atoms with Crippen LogP contribution in [0.25, 0.3) is 16.9 Å². The summed E-state index contributed by atoms with van der Waals surface area (Å²) in [5.74, 6) is 0.529. The summed E-state index contributed by atoms with van der Waals surface area (Å²) in [6, 6.07) is 8.07. The van der Waals surface area contributed by atoms with Crippen molar-refractivity contribution in [2.75, 3.05) is 0 Å². The Labute approximate surface area is 104 Å². The molecule has 0 aliphatic carbocycles. The van der Waals surface area contributed by atoms with E-state index >= 15 is 0 Å². The van der Waals surface area contributed by atoms with E-state index in [1.54, 1.807) is 12.4 Å². The van der Waals surface area contributed by atoms with E-state index < -0.39 is 0 Å². The number of rotatable bonds is 2. The van der Waals surface area contributed by atoms with Crippen LogP contribution in [0.5, 0.6) is 0 Å². The number of aromatic nitrogens is 3. The highest BCUT2D eigenvalue weighted by Crippen LogP contribution is 2.21. The third kappa shape index (κ3) is 1.78. The van der Waals surface area contributed by atoms with Crippen LogP contribution in [0.15, 0.2) is 49.1 Å². The molecule has 3 aromatic rings. The van der Waals surface area contributed by atoms with Crippen LogP contribution in [0.1, 0.15) is 5.56 Å². The molecule has 2 heterocycles. The van der Waals surface area contributed by atoms with Crippen molar-refractivity contribution in [3.8, 4) is 11.3 Å². The number of alkyl halides is 1. The molecule has 0 fully saturated rings. The van der Waals surface area contributed by atoms with Crippen LogP contribution < -0.4 is 0 Å². The first-order valence-electron chi connectivity index (χ1n) is 5.31. The number of fused-ring (bicyclic) bond motifs is 1. The van der Waals surface area contributed by atoms with E-state index in [1.165, 1.54) is 0 Å². The van der Waals surface area contributed by atoms with Gasteiger partial charge in [0.15, 0.2) is 5.65 Å². The van der Waals surface area contributed by atoms with Gasteiger partial charge in [0.25, 0.3) is 0 Å². The topological polar surface area (TPSA) is 30.2 Å². The molecule has 1 aromatic carbocycles. The summed E-state index contributed by atoms with van der Waals surface area (Å²) in [6.45, 7) is 0. The Hall–Kier alpha value is -1.87. The van der Waals surface area contributed by atoms with E-state index in [9.17, 15) is 0 Å². The van der Waals surface area contributed by atoms with Crippen LogP contribution in [-0.4, -0.2) is 14.4 Å². The van der Waals surface area contributed by atoms with Crippen LogP contribution in [0.2, 0.25) is 0 Å². The molecule has 0 atom stereocenters. The molecule has 0 N–H and O–H groups in total. The molecule has 0 spiro atoms. The average molecular weight is 244 g/mol. The SMILES string of the molecule is ClCc1ccc(-c2nccn3ccnc23)cc1. The fourth-order valence-electron chi connectivity index (χ4n) is 1.81. The fraction of sp³-hybridized carbons (Fsp3) is 0.0769. The average Bonchev–Trinajstić information content (AvgIpc) is 2.87. The van der Waals surface area contributed by atoms with E-state index in [4.69, 9.17) is 11.6 Å². The Morgan fingerprint density at radius 3 is 2.41 bits per heavy atom. The van der Waals surface area contributed by atoms with Crippen molar-refractivity contribution < 1.29 is 0 Å². The number of imidazole rings is 1. The van der Waals surface area contributed by atoms with Gasteiger partial charge in [0.2, 0.25) is 0 Å². The molecule has 0 saturated carbocycles. The predicted molar refractivity (Wildman–Crippen MR) is 68.0 cm³/mol. The summed E-state index contributed by atoms with van der Waals surface area (Å²) in [6.07, 6.45) is 7.35. The van der Waals surface area contributed by atoms with Crippen LogP contribution in [-0.2, 0) is 5.88 Å². The van der Waals surface area contributed by atoms with Crippen molar-refractivity contribution in [1.82, 2.24) is 14.4 Å². The molecule has 0 amide bonds. The third-order valence-corrected chi connectivity index (χ3v) is 3.00. The summed E-state index contributed by atoms with van der Waals surface area (Å²) in [5, 5.41) is 0. The molecular weight excluding hydrogens is 234 g/mol. The Kier molecular flexibility index (Phi) is 2.53. The molecule has 2 aromatic heterocycles. The monoisotopic (exact) mass is 243 g/mol. The van der Waals surface area contributed by atoms with Crippen LogP contribution in [0.3, 0.4) is 0 Å². The van der Waals surface area contributed by atoms with Gasteiger partial charge in [-0.2, -0.15) is 0 Å². The van der Waals surface area contributed by atoms with Gasteiger partial charge in [-0.1, -0.05) is 24.3 Å². The van der Waals surface area contributed by atoms with Crippen LogP contribution in [0, 0.1) is 0 Å². The lowest BCUT2D eigenvalue weighted by Crippen LogP contribution is -1.91. The van der Waals surface area contributed by atoms with Crippen molar-refractivity contribution in [3.63, 3.8) is 0 Å². The molecule has 17 heavy (non-hydrogen) atoms. The largest absolute Gasteiger partial charge is 0.304 e. The zero-order valence-corrected chi connectivity index (χ0v) is 9.80. The highest BCUT2D eigenvalue weighted by atomic mass is 35.5. The first-order chi connectivity index (χ1) is 8.38. The Morgan fingerprint density at radius 2 is 1.71 bits per heavy atom. The quantitative estimate of drug-likeness (QED) is 0.648. The molecule has 3 rings (SSSR count). The molecule has 0 unspecified atom stereocenters. The molecule has 0 bridgehead atoms. The maximum absolute atomic E-state index is 5.77. The second kappa shape index (κ2) is 4.18. The summed E-state index contributed by atoms with van der Waals surface area (Å²) in [7, 11) is 0. The van der Waals surface area contributed by atoms with Crippen LogP contribution in [0.4, 0.5) is 0 Å². The van der Waals surface area contributed by atoms with Gasteiger partial charge in [0.1, 0.15) is 5.69 Å². The smallest absolute Gasteiger partial charge is 0.163 e. The first-order valence-corrected chi connectivity index (χ1v) is 5.85. The Bertz CT molecular complexity index is 643. The van der Waals surface area contributed by atoms with Gasteiger partial charge in [-0.15, -0.1) is 11.6 Å². The maximum atomic E-state index is 5.77. The maximum Gasteiger partial charge on any atom is 0.163 e. The Morgan fingerprint density at radius 1 is 1.00 bits per heavy atom. The van der Waals surface area contributed by atoms with Gasteiger partial charge in [-0.25, -0.2) is 4.98 Å². The highest BCUT2D eigenvalue weighted by Gasteiger charge is 2.06. The number of hydrogen-bond acceptors (Lipinski definition) is 2. The lowest BCUT2D eigenvalue weighted by Gasteiger charge is -2.03. The third-order valence-electron chi connectivity index (χ3n) is 2.69. The minimum absolute atomic E-state index is 0.529. The molecule has 4 heteroatoms. The first kappa shape index (κ1) is 10.3. The minimum Gasteiger partial charge on any atom is -0.304 e. The molecule has 84 valence electrons. The summed E-state index contributed by atoms with van der Waals surface area (Å²) in [5.41, 5.74) is 3.91. The zero-order valence-electron chi connectivity index (χ0n) is 9.05. The normalized spacial score (nSPS) is 10.9. The summed E-state index contributed by atoms with van der Waals surface area (Å²) >= 11 is 5.77. The van der Waals surface area contributed by atoms with E-state index in [0.29, 0.717) is 5.88 Å². The second-order valence-corrected chi connectivity index (χ2v) is 4.03. The standard InChI is InChI=1S/C13H10ClN3/c14-9-10-1-3-11(4-2-10)12-13-16-6-8-17(13)7-5-15-12/h1-8H,9H2. The highest BCUT2D eigenvalue weighted by molar-refractivity contribution is 6.17. The van der Waals surface area contributed by atoms with Gasteiger partial charge in [0.05, 0.1) is 0 Å². The number of benzene rings is 1. The second-order valence-electron chi connectivity index (χ2n) is 3.76. The van der Waals surface area contributed by atoms with E-state index in [1.807, 2.05) is 41.1 Å². The number of hydrogen-bond donors (Lipinski definition) is 0. The zero-order chi connectivity index (χ0) is 11.7.